The zero-order chi connectivity index (χ0) is 8.93. The molecule has 1 aliphatic rings. The Morgan fingerprint density at radius 2 is 1.93 bits per heavy atom. The molecular weight excluding hydrogens is 231 g/mol. The number of nitrogens with zero attached hydrogens (tertiary/aromatic N) is 1. The number of rotatable bonds is 2. The first-order valence-corrected chi connectivity index (χ1v) is 5.06. The summed E-state index contributed by atoms with van der Waals surface area (Å²) in [5.41, 5.74) is 1.24. The number of aromatic nitrogens is 1. The van der Waals surface area contributed by atoms with Gasteiger partial charge >= 0.3 is 0 Å². The van der Waals surface area contributed by atoms with E-state index in [4.69, 9.17) is 0 Å². The van der Waals surface area contributed by atoms with Crippen LogP contribution >= 0.6 is 24.8 Å². The third kappa shape index (κ3) is 4.83. The molecule has 1 aromatic heterocycles. The Bertz CT molecular complexity index is 248. The van der Waals surface area contributed by atoms with Gasteiger partial charge in [-0.05, 0) is 50.4 Å². The number of piperidine rings is 1. The van der Waals surface area contributed by atoms with E-state index in [2.05, 4.69) is 22.4 Å². The Hall–Kier alpha value is -0.310. The van der Waals surface area contributed by atoms with Crippen molar-refractivity contribution < 1.29 is 0 Å². The van der Waals surface area contributed by atoms with Gasteiger partial charge in [-0.1, -0.05) is 6.07 Å². The van der Waals surface area contributed by atoms with Crippen LogP contribution in [0, 0.1) is 5.92 Å². The van der Waals surface area contributed by atoms with Gasteiger partial charge in [-0.3, -0.25) is 4.98 Å². The standard InChI is InChI=1S/C11H16N2.2ClH/c1-2-6-13-11(3-1)9-10-4-7-12-8-5-10;;/h1-3,6,10,12H,4-5,7-9H2;2*1H. The molecule has 0 bridgehead atoms. The van der Waals surface area contributed by atoms with Crippen LogP contribution in [0.15, 0.2) is 24.4 Å². The maximum absolute atomic E-state index is 4.35. The van der Waals surface area contributed by atoms with Crippen molar-refractivity contribution >= 4 is 24.8 Å². The first-order chi connectivity index (χ1) is 6.45. The lowest BCUT2D eigenvalue weighted by Gasteiger charge is -2.21. The van der Waals surface area contributed by atoms with Gasteiger partial charge in [0.05, 0.1) is 0 Å². The van der Waals surface area contributed by atoms with Gasteiger partial charge in [0.2, 0.25) is 0 Å². The highest BCUT2D eigenvalue weighted by Gasteiger charge is 2.13. The van der Waals surface area contributed by atoms with Gasteiger partial charge in [0.25, 0.3) is 0 Å². The lowest BCUT2D eigenvalue weighted by molar-refractivity contribution is 0.370. The molecule has 0 spiro atoms. The van der Waals surface area contributed by atoms with E-state index < -0.39 is 0 Å². The summed E-state index contributed by atoms with van der Waals surface area (Å²) >= 11 is 0. The number of hydrogen-bond donors (Lipinski definition) is 1. The van der Waals surface area contributed by atoms with Crippen LogP contribution in [0.2, 0.25) is 0 Å². The van der Waals surface area contributed by atoms with Crippen LogP contribution in [-0.2, 0) is 6.42 Å². The molecule has 1 fully saturated rings. The molecule has 0 unspecified atom stereocenters. The molecule has 0 aliphatic carbocycles. The Balaban J connectivity index is 0.000000980. The largest absolute Gasteiger partial charge is 0.317 e. The van der Waals surface area contributed by atoms with Crippen molar-refractivity contribution in [3.05, 3.63) is 30.1 Å². The highest BCUT2D eigenvalue weighted by atomic mass is 35.5. The zero-order valence-electron chi connectivity index (χ0n) is 8.69. The maximum atomic E-state index is 4.35. The molecule has 2 heterocycles. The molecule has 4 heteroatoms. The van der Waals surface area contributed by atoms with Crippen LogP contribution in [0.4, 0.5) is 0 Å². The maximum Gasteiger partial charge on any atom is 0.0406 e. The number of pyridine rings is 1. The molecule has 0 aromatic carbocycles. The van der Waals surface area contributed by atoms with E-state index >= 15 is 0 Å². The molecular formula is C11H18Cl2N2. The van der Waals surface area contributed by atoms with Crippen LogP contribution in [0.25, 0.3) is 0 Å². The minimum Gasteiger partial charge on any atom is -0.317 e. The zero-order valence-corrected chi connectivity index (χ0v) is 10.3. The van der Waals surface area contributed by atoms with Crippen molar-refractivity contribution in [1.82, 2.24) is 10.3 Å². The van der Waals surface area contributed by atoms with E-state index in [1.54, 1.807) is 0 Å². The van der Waals surface area contributed by atoms with E-state index in [1.807, 2.05) is 12.3 Å². The molecule has 15 heavy (non-hydrogen) atoms. The monoisotopic (exact) mass is 248 g/mol. The number of halogens is 2. The van der Waals surface area contributed by atoms with Crippen molar-refractivity contribution in [2.24, 2.45) is 5.92 Å². The van der Waals surface area contributed by atoms with E-state index in [-0.39, 0.29) is 24.8 Å². The predicted octanol–water partition coefficient (Wildman–Crippen LogP) is 2.47. The van der Waals surface area contributed by atoms with Crippen molar-refractivity contribution in [2.75, 3.05) is 13.1 Å². The summed E-state index contributed by atoms with van der Waals surface area (Å²) in [4.78, 5) is 4.35. The van der Waals surface area contributed by atoms with Crippen LogP contribution in [-0.4, -0.2) is 18.1 Å². The second-order valence-electron chi connectivity index (χ2n) is 3.72. The quantitative estimate of drug-likeness (QED) is 0.870. The summed E-state index contributed by atoms with van der Waals surface area (Å²) in [6, 6.07) is 6.18. The molecule has 2 rings (SSSR count). The summed E-state index contributed by atoms with van der Waals surface area (Å²) in [7, 11) is 0. The molecule has 86 valence electrons. The molecule has 1 N–H and O–H groups in total. The number of nitrogens with one attached hydrogen (secondary N) is 1. The third-order valence-corrected chi connectivity index (χ3v) is 2.68. The fraction of sp³-hybridized carbons (Fsp3) is 0.545. The van der Waals surface area contributed by atoms with Gasteiger partial charge in [-0.2, -0.15) is 0 Å². The summed E-state index contributed by atoms with van der Waals surface area (Å²) in [5.74, 6) is 0.844. The van der Waals surface area contributed by atoms with Gasteiger partial charge in [0.15, 0.2) is 0 Å². The first kappa shape index (κ1) is 14.7. The van der Waals surface area contributed by atoms with Gasteiger partial charge in [-0.15, -0.1) is 24.8 Å². The second-order valence-corrected chi connectivity index (χ2v) is 3.72. The van der Waals surface area contributed by atoms with Crippen LogP contribution in [0.5, 0.6) is 0 Å². The molecule has 0 atom stereocenters. The highest BCUT2D eigenvalue weighted by molar-refractivity contribution is 5.85. The van der Waals surface area contributed by atoms with Gasteiger partial charge in [-0.25, -0.2) is 0 Å². The van der Waals surface area contributed by atoms with E-state index in [9.17, 15) is 0 Å². The van der Waals surface area contributed by atoms with Crippen molar-refractivity contribution in [3.8, 4) is 0 Å². The molecule has 0 radical (unpaired) electrons. The topological polar surface area (TPSA) is 24.9 Å². The Morgan fingerprint density at radius 3 is 2.53 bits per heavy atom. The molecule has 0 saturated carbocycles. The molecule has 0 amide bonds. The summed E-state index contributed by atoms with van der Waals surface area (Å²) in [6.45, 7) is 2.36. The Labute approximate surface area is 104 Å². The predicted molar refractivity (Wildman–Crippen MR) is 68.0 cm³/mol. The second kappa shape index (κ2) is 7.91. The van der Waals surface area contributed by atoms with Gasteiger partial charge in [0, 0.05) is 11.9 Å². The van der Waals surface area contributed by atoms with Crippen molar-refractivity contribution in [1.29, 1.82) is 0 Å². The molecule has 1 aliphatic heterocycles. The molecule has 1 aromatic rings. The van der Waals surface area contributed by atoms with Crippen LogP contribution in [0.3, 0.4) is 0 Å². The van der Waals surface area contributed by atoms with Gasteiger partial charge < -0.3 is 5.32 Å². The molecule has 2 nitrogen and oxygen atoms in total. The van der Waals surface area contributed by atoms with Crippen molar-refractivity contribution in [2.45, 2.75) is 19.3 Å². The van der Waals surface area contributed by atoms with E-state index in [0.29, 0.717) is 0 Å². The SMILES string of the molecule is Cl.Cl.c1ccc(CC2CCNCC2)nc1. The van der Waals surface area contributed by atoms with Crippen molar-refractivity contribution in [3.63, 3.8) is 0 Å². The fourth-order valence-corrected chi connectivity index (χ4v) is 1.90. The lowest BCUT2D eigenvalue weighted by Crippen LogP contribution is -2.28. The van der Waals surface area contributed by atoms with E-state index in [1.165, 1.54) is 31.6 Å². The summed E-state index contributed by atoms with van der Waals surface area (Å²) < 4.78 is 0. The number of hydrogen-bond acceptors (Lipinski definition) is 2. The van der Waals surface area contributed by atoms with Crippen LogP contribution < -0.4 is 5.32 Å². The summed E-state index contributed by atoms with van der Waals surface area (Å²) in [5, 5.41) is 3.38. The average molecular weight is 249 g/mol. The lowest BCUT2D eigenvalue weighted by atomic mass is 9.93. The minimum absolute atomic E-state index is 0. The smallest absolute Gasteiger partial charge is 0.0406 e. The molecule has 1 saturated heterocycles. The fourth-order valence-electron chi connectivity index (χ4n) is 1.90. The average Bonchev–Trinajstić information content (AvgIpc) is 2.21. The first-order valence-electron chi connectivity index (χ1n) is 5.06. The van der Waals surface area contributed by atoms with Crippen LogP contribution in [0.1, 0.15) is 18.5 Å². The minimum atomic E-state index is 0. The Kier molecular flexibility index (Phi) is 7.75. The normalized spacial score (nSPS) is 16.3. The Morgan fingerprint density at radius 1 is 1.20 bits per heavy atom. The summed E-state index contributed by atoms with van der Waals surface area (Å²) in [6.07, 6.45) is 5.64. The van der Waals surface area contributed by atoms with E-state index in [0.717, 1.165) is 12.3 Å². The van der Waals surface area contributed by atoms with Gasteiger partial charge in [0.1, 0.15) is 0 Å². The highest BCUT2D eigenvalue weighted by Crippen LogP contribution is 2.16. The third-order valence-electron chi connectivity index (χ3n) is 2.68.